The van der Waals surface area contributed by atoms with Crippen molar-refractivity contribution in [2.75, 3.05) is 24.7 Å². The van der Waals surface area contributed by atoms with Crippen LogP contribution in [0.4, 0.5) is 5.69 Å². The highest BCUT2D eigenvalue weighted by Crippen LogP contribution is 2.17. The first-order valence-electron chi connectivity index (χ1n) is 5.35. The second-order valence-electron chi connectivity index (χ2n) is 3.80. The van der Waals surface area contributed by atoms with Crippen molar-refractivity contribution in [3.05, 3.63) is 29.3 Å². The van der Waals surface area contributed by atoms with Crippen molar-refractivity contribution in [3.8, 4) is 0 Å². The zero-order valence-electron chi connectivity index (χ0n) is 10.2. The summed E-state index contributed by atoms with van der Waals surface area (Å²) in [4.78, 5) is 11.0. The van der Waals surface area contributed by atoms with Gasteiger partial charge in [-0.3, -0.25) is 0 Å². The second-order valence-corrected chi connectivity index (χ2v) is 5.85. The van der Waals surface area contributed by atoms with Gasteiger partial charge in [0.2, 0.25) is 10.0 Å². The molecule has 0 fully saturated rings. The molecule has 1 aromatic rings. The minimum Gasteiger partial charge on any atom is -0.478 e. The van der Waals surface area contributed by atoms with Gasteiger partial charge in [0.1, 0.15) is 0 Å². The third kappa shape index (κ3) is 4.01. The van der Waals surface area contributed by atoms with E-state index in [1.54, 1.807) is 19.1 Å². The van der Waals surface area contributed by atoms with Gasteiger partial charge in [0.25, 0.3) is 0 Å². The molecule has 0 atom stereocenters. The van der Waals surface area contributed by atoms with Crippen LogP contribution in [-0.2, 0) is 10.0 Å². The van der Waals surface area contributed by atoms with E-state index in [0.717, 1.165) is 5.56 Å². The molecule has 0 unspecified atom stereocenters. The molecule has 0 saturated heterocycles. The van der Waals surface area contributed by atoms with Crippen LogP contribution in [0.25, 0.3) is 0 Å². The number of sulfonamides is 1. The summed E-state index contributed by atoms with van der Waals surface area (Å²) in [5, 5.41) is 11.8. The van der Waals surface area contributed by atoms with Gasteiger partial charge in [0.05, 0.1) is 11.3 Å². The van der Waals surface area contributed by atoms with E-state index in [9.17, 15) is 13.2 Å². The molecular weight excluding hydrogens is 256 g/mol. The van der Waals surface area contributed by atoms with Crippen molar-refractivity contribution in [3.63, 3.8) is 0 Å². The van der Waals surface area contributed by atoms with Crippen molar-refractivity contribution < 1.29 is 18.3 Å². The average molecular weight is 272 g/mol. The number of hydrogen-bond donors (Lipinski definition) is 3. The van der Waals surface area contributed by atoms with Crippen LogP contribution in [0.5, 0.6) is 0 Å². The average Bonchev–Trinajstić information content (AvgIpc) is 2.30. The van der Waals surface area contributed by atoms with E-state index >= 15 is 0 Å². The Morgan fingerprint density at radius 1 is 1.39 bits per heavy atom. The third-order valence-corrected chi connectivity index (χ3v) is 3.77. The molecule has 0 amide bonds. The Labute approximate surface area is 106 Å². The molecule has 3 N–H and O–H groups in total. The number of nitrogens with one attached hydrogen (secondary N) is 2. The molecular formula is C11H16N2O4S. The number of carboxylic acids is 1. The first-order valence-corrected chi connectivity index (χ1v) is 7.00. The van der Waals surface area contributed by atoms with Crippen molar-refractivity contribution in [1.29, 1.82) is 0 Å². The monoisotopic (exact) mass is 272 g/mol. The molecule has 0 aliphatic heterocycles. The Balaban J connectivity index is 2.77. The zero-order valence-corrected chi connectivity index (χ0v) is 11.0. The molecule has 0 bridgehead atoms. The van der Waals surface area contributed by atoms with Gasteiger partial charge < -0.3 is 10.4 Å². The van der Waals surface area contributed by atoms with Gasteiger partial charge in [-0.1, -0.05) is 11.6 Å². The first-order chi connectivity index (χ1) is 8.35. The number of anilines is 1. The molecule has 0 heterocycles. The molecule has 0 radical (unpaired) electrons. The number of aromatic carboxylic acids is 1. The van der Waals surface area contributed by atoms with Crippen LogP contribution < -0.4 is 10.0 Å². The van der Waals surface area contributed by atoms with Crippen molar-refractivity contribution in [2.45, 2.75) is 6.92 Å². The standard InChI is InChI=1S/C11H16N2O4S/c1-8-3-4-10(9(7-8)11(14)15)13-5-6-18(16,17)12-2/h3-4,7,12-13H,5-6H2,1-2H3,(H,14,15). The number of aryl methyl sites for hydroxylation is 1. The fourth-order valence-electron chi connectivity index (χ4n) is 1.41. The molecule has 0 aromatic heterocycles. The Hall–Kier alpha value is -1.60. The molecule has 0 aliphatic carbocycles. The first kappa shape index (κ1) is 14.5. The fourth-order valence-corrected chi connectivity index (χ4v) is 1.99. The predicted molar refractivity (Wildman–Crippen MR) is 69.5 cm³/mol. The van der Waals surface area contributed by atoms with Gasteiger partial charge in [-0.2, -0.15) is 0 Å². The van der Waals surface area contributed by atoms with Crippen LogP contribution >= 0.6 is 0 Å². The van der Waals surface area contributed by atoms with Gasteiger partial charge in [-0.15, -0.1) is 0 Å². The summed E-state index contributed by atoms with van der Waals surface area (Å²) >= 11 is 0. The summed E-state index contributed by atoms with van der Waals surface area (Å²) < 4.78 is 24.6. The summed E-state index contributed by atoms with van der Waals surface area (Å²) in [6.07, 6.45) is 0. The van der Waals surface area contributed by atoms with Gasteiger partial charge in [-0.25, -0.2) is 17.9 Å². The van der Waals surface area contributed by atoms with E-state index in [1.165, 1.54) is 13.1 Å². The summed E-state index contributed by atoms with van der Waals surface area (Å²) in [6.45, 7) is 1.94. The molecule has 0 aliphatic rings. The zero-order chi connectivity index (χ0) is 13.8. The summed E-state index contributed by atoms with van der Waals surface area (Å²) in [6, 6.07) is 4.93. The van der Waals surface area contributed by atoms with E-state index in [-0.39, 0.29) is 17.9 Å². The maximum Gasteiger partial charge on any atom is 0.337 e. The number of carbonyl (C=O) groups is 1. The quantitative estimate of drug-likeness (QED) is 0.707. The van der Waals surface area contributed by atoms with Gasteiger partial charge in [0, 0.05) is 12.2 Å². The molecule has 0 spiro atoms. The molecule has 6 nitrogen and oxygen atoms in total. The highest BCUT2D eigenvalue weighted by atomic mass is 32.2. The van der Waals surface area contributed by atoms with E-state index in [4.69, 9.17) is 5.11 Å². The lowest BCUT2D eigenvalue weighted by atomic mass is 10.1. The minimum absolute atomic E-state index is 0.115. The van der Waals surface area contributed by atoms with E-state index in [0.29, 0.717) is 5.69 Å². The van der Waals surface area contributed by atoms with Gasteiger partial charge in [0.15, 0.2) is 0 Å². The predicted octanol–water partition coefficient (Wildman–Crippen LogP) is 0.654. The molecule has 7 heteroatoms. The minimum atomic E-state index is -3.29. The summed E-state index contributed by atoms with van der Waals surface area (Å²) in [5.41, 5.74) is 1.39. The molecule has 100 valence electrons. The van der Waals surface area contributed by atoms with Crippen LogP contribution in [0.1, 0.15) is 15.9 Å². The van der Waals surface area contributed by atoms with Crippen molar-refractivity contribution in [1.82, 2.24) is 4.72 Å². The molecule has 18 heavy (non-hydrogen) atoms. The van der Waals surface area contributed by atoms with E-state index in [1.807, 2.05) is 0 Å². The van der Waals surface area contributed by atoms with Gasteiger partial charge >= 0.3 is 5.97 Å². The van der Waals surface area contributed by atoms with Crippen molar-refractivity contribution >= 4 is 21.7 Å². The van der Waals surface area contributed by atoms with E-state index < -0.39 is 16.0 Å². The lowest BCUT2D eigenvalue weighted by molar-refractivity contribution is 0.0698. The van der Waals surface area contributed by atoms with Crippen LogP contribution in [-0.4, -0.2) is 38.8 Å². The van der Waals surface area contributed by atoms with Crippen LogP contribution in [0.3, 0.4) is 0 Å². The maximum atomic E-state index is 11.2. The number of carboxylic acid groups (broad SMARTS) is 1. The second kappa shape index (κ2) is 5.83. The molecule has 1 aromatic carbocycles. The smallest absolute Gasteiger partial charge is 0.337 e. The van der Waals surface area contributed by atoms with Crippen molar-refractivity contribution in [2.24, 2.45) is 0 Å². The van der Waals surface area contributed by atoms with E-state index in [2.05, 4.69) is 10.0 Å². The normalized spacial score (nSPS) is 11.2. The topological polar surface area (TPSA) is 95.5 Å². The van der Waals surface area contributed by atoms with Gasteiger partial charge in [-0.05, 0) is 26.1 Å². The Kier molecular flexibility index (Phi) is 4.69. The lowest BCUT2D eigenvalue weighted by Crippen LogP contribution is -2.26. The SMILES string of the molecule is CNS(=O)(=O)CCNc1ccc(C)cc1C(=O)O. The number of rotatable bonds is 6. The number of benzene rings is 1. The largest absolute Gasteiger partial charge is 0.478 e. The molecule has 0 saturated carbocycles. The fraction of sp³-hybridized carbons (Fsp3) is 0.364. The highest BCUT2D eigenvalue weighted by molar-refractivity contribution is 7.89. The Bertz CT molecular complexity index is 540. The number of hydrogen-bond acceptors (Lipinski definition) is 4. The lowest BCUT2D eigenvalue weighted by Gasteiger charge is -2.10. The Morgan fingerprint density at radius 2 is 2.06 bits per heavy atom. The third-order valence-electron chi connectivity index (χ3n) is 2.40. The highest BCUT2D eigenvalue weighted by Gasteiger charge is 2.11. The van der Waals surface area contributed by atoms with Crippen LogP contribution in [0, 0.1) is 6.92 Å². The summed E-state index contributed by atoms with van der Waals surface area (Å²) in [5.74, 6) is -1.16. The molecule has 1 rings (SSSR count). The van der Waals surface area contributed by atoms with Crippen LogP contribution in [0.15, 0.2) is 18.2 Å². The summed E-state index contributed by atoms with van der Waals surface area (Å²) in [7, 11) is -1.95. The Morgan fingerprint density at radius 3 is 2.61 bits per heavy atom. The van der Waals surface area contributed by atoms with Crippen LogP contribution in [0.2, 0.25) is 0 Å². The maximum absolute atomic E-state index is 11.2.